The van der Waals surface area contributed by atoms with Gasteiger partial charge in [-0.05, 0) is 24.3 Å². The fourth-order valence-electron chi connectivity index (χ4n) is 1.02. The van der Waals surface area contributed by atoms with Crippen molar-refractivity contribution in [3.8, 4) is 0 Å². The van der Waals surface area contributed by atoms with Gasteiger partial charge in [0.05, 0.1) is 11.1 Å². The number of primary amides is 2. The van der Waals surface area contributed by atoms with Crippen molar-refractivity contribution in [1.82, 2.24) is 9.97 Å². The first-order chi connectivity index (χ1) is 10.0. The molecule has 0 fully saturated rings. The zero-order chi connectivity index (χ0) is 16.1. The minimum atomic E-state index is -0.442. The van der Waals surface area contributed by atoms with Crippen LogP contribution >= 0.6 is 20.3 Å². The summed E-state index contributed by atoms with van der Waals surface area (Å²) >= 11 is 0.382. The molecule has 0 unspecified atom stereocenters. The molecule has 2 aromatic rings. The van der Waals surface area contributed by atoms with Crippen LogP contribution in [0.2, 0.25) is 0 Å². The van der Waals surface area contributed by atoms with Crippen LogP contribution in [-0.2, 0) is 12.9 Å². The number of rotatable bonds is 2. The molecule has 4 N–H and O–H groups in total. The summed E-state index contributed by atoms with van der Waals surface area (Å²) in [5.74, 6) is -0.883. The number of carbonyl (C=O) groups is 2. The molecule has 0 aromatic carbocycles. The topological polar surface area (TPSA) is 112 Å². The van der Waals surface area contributed by atoms with Crippen molar-refractivity contribution in [3.05, 3.63) is 60.2 Å². The standard InChI is InChI=1S/2C6H6N2O.2ClH.Co/c2*7-6(9)5-2-1-3-8-4-5;;;/h2*1-4H,(H2,7,9);2*1H;/q;;;;+2/p-2. The van der Waals surface area contributed by atoms with Crippen LogP contribution in [0.15, 0.2) is 49.1 Å². The molecule has 0 saturated carbocycles. The van der Waals surface area contributed by atoms with E-state index in [-0.39, 0.29) is 0 Å². The molecule has 21 heavy (non-hydrogen) atoms. The molecule has 0 atom stereocenters. The number of nitrogens with zero attached hydrogens (tertiary/aromatic N) is 2. The molecule has 0 aliphatic carbocycles. The van der Waals surface area contributed by atoms with Gasteiger partial charge in [0.1, 0.15) is 0 Å². The summed E-state index contributed by atoms with van der Waals surface area (Å²) in [4.78, 5) is 28.2. The van der Waals surface area contributed by atoms with Crippen LogP contribution in [0.5, 0.6) is 0 Å². The van der Waals surface area contributed by atoms with Gasteiger partial charge in [-0.2, -0.15) is 0 Å². The van der Waals surface area contributed by atoms with Crippen LogP contribution in [0.1, 0.15) is 20.7 Å². The van der Waals surface area contributed by atoms with Crippen LogP contribution in [-0.4, -0.2) is 21.8 Å². The second kappa shape index (κ2) is 12.1. The molecule has 0 aliphatic heterocycles. The Morgan fingerprint density at radius 3 is 1.38 bits per heavy atom. The average Bonchev–Trinajstić information content (AvgIpc) is 2.50. The first-order valence-corrected chi connectivity index (χ1v) is 8.12. The number of amides is 2. The third kappa shape index (κ3) is 9.80. The molecule has 0 saturated heterocycles. The van der Waals surface area contributed by atoms with E-state index < -0.39 is 11.8 Å². The second-order valence-electron chi connectivity index (χ2n) is 3.26. The zero-order valence-corrected chi connectivity index (χ0v) is 13.1. The van der Waals surface area contributed by atoms with Crippen LogP contribution < -0.4 is 11.5 Å². The maximum absolute atomic E-state index is 10.4. The summed E-state index contributed by atoms with van der Waals surface area (Å²) in [6.07, 6.45) is 6.05. The number of pyridine rings is 2. The Hall–Kier alpha value is -1.67. The van der Waals surface area contributed by atoms with Gasteiger partial charge < -0.3 is 11.5 Å². The van der Waals surface area contributed by atoms with Gasteiger partial charge in [-0.3, -0.25) is 19.6 Å². The third-order valence-electron chi connectivity index (χ3n) is 1.89. The summed E-state index contributed by atoms with van der Waals surface area (Å²) in [6, 6.07) is 6.57. The van der Waals surface area contributed by atoms with E-state index in [1.54, 1.807) is 36.7 Å². The van der Waals surface area contributed by atoms with E-state index in [9.17, 15) is 9.59 Å². The van der Waals surface area contributed by atoms with Crippen molar-refractivity contribution >= 4 is 32.1 Å². The monoisotopic (exact) mass is 373 g/mol. The molecule has 6 nitrogen and oxygen atoms in total. The average molecular weight is 374 g/mol. The van der Waals surface area contributed by atoms with Crippen molar-refractivity contribution in [2.75, 3.05) is 0 Å². The summed E-state index contributed by atoms with van der Waals surface area (Å²) < 4.78 is 0. The van der Waals surface area contributed by atoms with E-state index in [1.807, 2.05) is 0 Å². The summed E-state index contributed by atoms with van der Waals surface area (Å²) in [5, 5.41) is 0. The summed E-state index contributed by atoms with van der Waals surface area (Å²) in [5.41, 5.74) is 10.8. The molecular formula is C12H12Cl2CoN4O2. The normalized spacial score (nSPS) is 8.67. The first kappa shape index (κ1) is 19.3. The molecule has 0 aliphatic rings. The molecule has 2 aromatic heterocycles. The van der Waals surface area contributed by atoms with E-state index in [0.717, 1.165) is 0 Å². The van der Waals surface area contributed by atoms with Gasteiger partial charge in [0.25, 0.3) is 0 Å². The number of carbonyl (C=O) groups excluding carboxylic acids is 2. The van der Waals surface area contributed by atoms with Gasteiger partial charge in [0.2, 0.25) is 11.8 Å². The first-order valence-electron chi connectivity index (χ1n) is 5.26. The van der Waals surface area contributed by atoms with Crippen molar-refractivity contribution in [2.24, 2.45) is 11.5 Å². The molecule has 2 heterocycles. The van der Waals surface area contributed by atoms with Gasteiger partial charge in [-0.15, -0.1) is 0 Å². The molecular weight excluding hydrogens is 362 g/mol. The van der Waals surface area contributed by atoms with Crippen LogP contribution in [0, 0.1) is 0 Å². The molecule has 115 valence electrons. The molecule has 9 heteroatoms. The van der Waals surface area contributed by atoms with Gasteiger partial charge in [-0.1, -0.05) is 0 Å². The molecule has 2 amide bonds. The van der Waals surface area contributed by atoms with Gasteiger partial charge in [0, 0.05) is 24.8 Å². The molecule has 0 bridgehead atoms. The van der Waals surface area contributed by atoms with E-state index in [0.29, 0.717) is 24.0 Å². The molecule has 0 radical (unpaired) electrons. The number of nitrogens with two attached hydrogens (primary N) is 2. The Bertz CT molecular complexity index is 494. The van der Waals surface area contributed by atoms with Crippen molar-refractivity contribution < 1.29 is 22.5 Å². The number of hydrogen-bond donors (Lipinski definition) is 2. The summed E-state index contributed by atoms with van der Waals surface area (Å²) in [6.45, 7) is 0. The predicted octanol–water partition coefficient (Wildman–Crippen LogP) is 1.74. The van der Waals surface area contributed by atoms with E-state index >= 15 is 0 Å². The maximum atomic E-state index is 10.4. The van der Waals surface area contributed by atoms with Gasteiger partial charge >= 0.3 is 33.2 Å². The van der Waals surface area contributed by atoms with Crippen LogP contribution in [0.4, 0.5) is 0 Å². The number of hydrogen-bond acceptors (Lipinski definition) is 4. The molecule has 0 spiro atoms. The fraction of sp³-hybridized carbons (Fsp3) is 0. The Balaban J connectivity index is 0.000000322. The Morgan fingerprint density at radius 2 is 1.24 bits per heavy atom. The fourth-order valence-corrected chi connectivity index (χ4v) is 1.02. The van der Waals surface area contributed by atoms with E-state index in [2.05, 4.69) is 9.97 Å². The third-order valence-corrected chi connectivity index (χ3v) is 1.89. The minimum absolute atomic E-state index is 0.382. The van der Waals surface area contributed by atoms with Crippen LogP contribution in [0.25, 0.3) is 0 Å². The van der Waals surface area contributed by atoms with E-state index in [1.165, 1.54) is 12.4 Å². The summed E-state index contributed by atoms with van der Waals surface area (Å²) in [7, 11) is 9.47. The van der Waals surface area contributed by atoms with Gasteiger partial charge in [-0.25, -0.2) is 0 Å². The molecule has 2 rings (SSSR count). The zero-order valence-electron chi connectivity index (χ0n) is 10.6. The Morgan fingerprint density at radius 1 is 0.905 bits per heavy atom. The SMILES string of the molecule is NC(=O)c1cccnc1.NC(=O)c1cccnc1.[Cl][Co][Cl]. The number of aromatic nitrogens is 2. The Kier molecular flexibility index (Phi) is 11.1. The van der Waals surface area contributed by atoms with Crippen molar-refractivity contribution in [1.29, 1.82) is 0 Å². The van der Waals surface area contributed by atoms with Crippen molar-refractivity contribution in [3.63, 3.8) is 0 Å². The predicted molar refractivity (Wildman–Crippen MR) is 77.2 cm³/mol. The van der Waals surface area contributed by atoms with Crippen molar-refractivity contribution in [2.45, 2.75) is 0 Å². The van der Waals surface area contributed by atoms with E-state index in [4.69, 9.17) is 31.8 Å². The van der Waals surface area contributed by atoms with Gasteiger partial charge in [0.15, 0.2) is 0 Å². The second-order valence-corrected chi connectivity index (χ2v) is 4.98. The Labute approximate surface area is 136 Å². The number of halogens is 2. The van der Waals surface area contributed by atoms with Crippen LogP contribution in [0.3, 0.4) is 0 Å². The quantitative estimate of drug-likeness (QED) is 0.834.